The van der Waals surface area contributed by atoms with Crippen molar-refractivity contribution in [3.63, 3.8) is 0 Å². The smallest absolute Gasteiger partial charge is 0.145 e. The van der Waals surface area contributed by atoms with Crippen LogP contribution in [-0.4, -0.2) is 42.0 Å². The molecule has 102 valence electrons. The monoisotopic (exact) mass is 261 g/mol. The van der Waals surface area contributed by atoms with Crippen molar-refractivity contribution >= 4 is 0 Å². The lowest BCUT2D eigenvalue weighted by Gasteiger charge is -2.45. The van der Waals surface area contributed by atoms with Crippen molar-refractivity contribution in [3.8, 4) is 6.07 Å². The third-order valence-corrected chi connectivity index (χ3v) is 3.99. The normalized spacial score (nSPS) is 20.2. The lowest BCUT2D eigenvalue weighted by atomic mass is 9.99. The van der Waals surface area contributed by atoms with Gasteiger partial charge in [-0.15, -0.1) is 0 Å². The van der Waals surface area contributed by atoms with Crippen LogP contribution in [0.15, 0.2) is 18.2 Å². The van der Waals surface area contributed by atoms with Gasteiger partial charge in [-0.3, -0.25) is 9.80 Å². The van der Waals surface area contributed by atoms with Crippen LogP contribution in [0.4, 0.5) is 4.39 Å². The Labute approximate surface area is 114 Å². The van der Waals surface area contributed by atoms with Gasteiger partial charge in [0.05, 0.1) is 5.56 Å². The van der Waals surface area contributed by atoms with E-state index in [-0.39, 0.29) is 16.9 Å². The zero-order chi connectivity index (χ0) is 14.0. The molecule has 0 amide bonds. The molecule has 19 heavy (non-hydrogen) atoms. The van der Waals surface area contributed by atoms with Crippen LogP contribution < -0.4 is 0 Å². The summed E-state index contributed by atoms with van der Waals surface area (Å²) < 4.78 is 14.0. The Morgan fingerprint density at radius 2 is 2.11 bits per heavy atom. The van der Waals surface area contributed by atoms with Gasteiger partial charge in [0.1, 0.15) is 11.9 Å². The van der Waals surface area contributed by atoms with E-state index in [1.54, 1.807) is 12.1 Å². The van der Waals surface area contributed by atoms with Crippen LogP contribution in [0, 0.1) is 17.1 Å². The van der Waals surface area contributed by atoms with E-state index in [0.29, 0.717) is 12.1 Å². The van der Waals surface area contributed by atoms with Crippen LogP contribution in [0.25, 0.3) is 0 Å². The summed E-state index contributed by atoms with van der Waals surface area (Å²) in [6, 6.07) is 6.93. The van der Waals surface area contributed by atoms with Crippen LogP contribution in [-0.2, 0) is 6.54 Å². The van der Waals surface area contributed by atoms with E-state index in [0.717, 1.165) is 19.6 Å². The van der Waals surface area contributed by atoms with Crippen molar-refractivity contribution in [1.82, 2.24) is 9.80 Å². The highest BCUT2D eigenvalue weighted by Crippen LogP contribution is 2.22. The topological polar surface area (TPSA) is 30.3 Å². The van der Waals surface area contributed by atoms with Crippen molar-refractivity contribution in [2.24, 2.45) is 0 Å². The Morgan fingerprint density at radius 1 is 1.37 bits per heavy atom. The minimum absolute atomic E-state index is 0.0988. The molecule has 4 heteroatoms. The standard InChI is InChI=1S/C15H20FN3/c1-15(2)11-19(8-7-18(15)3)10-13-6-4-5-12(9-17)14(13)16/h4-6H,7-8,10-11H2,1-3H3. The van der Waals surface area contributed by atoms with Gasteiger partial charge in [0.25, 0.3) is 0 Å². The zero-order valence-electron chi connectivity index (χ0n) is 11.8. The number of likely N-dealkylation sites (N-methyl/N-ethyl adjacent to an activating group) is 1. The molecule has 3 nitrogen and oxygen atoms in total. The maximum Gasteiger partial charge on any atom is 0.145 e. The van der Waals surface area contributed by atoms with Crippen molar-refractivity contribution < 1.29 is 4.39 Å². The molecule has 0 atom stereocenters. The van der Waals surface area contributed by atoms with Gasteiger partial charge in [0.15, 0.2) is 0 Å². The van der Waals surface area contributed by atoms with Gasteiger partial charge >= 0.3 is 0 Å². The van der Waals surface area contributed by atoms with Gasteiger partial charge < -0.3 is 0 Å². The molecule has 0 aliphatic carbocycles. The number of nitrogens with zero attached hydrogens (tertiary/aromatic N) is 3. The summed E-state index contributed by atoms with van der Waals surface area (Å²) in [5.41, 5.74) is 0.840. The quantitative estimate of drug-likeness (QED) is 0.818. The summed E-state index contributed by atoms with van der Waals surface area (Å²) in [7, 11) is 2.12. The second-order valence-corrected chi connectivity index (χ2v) is 5.84. The molecule has 2 rings (SSSR count). The van der Waals surface area contributed by atoms with Gasteiger partial charge in [-0.25, -0.2) is 4.39 Å². The number of piperazine rings is 1. The van der Waals surface area contributed by atoms with Gasteiger partial charge in [-0.2, -0.15) is 5.26 Å². The van der Waals surface area contributed by atoms with Gasteiger partial charge in [-0.05, 0) is 27.0 Å². The second-order valence-electron chi connectivity index (χ2n) is 5.84. The van der Waals surface area contributed by atoms with Crippen LogP contribution in [0.3, 0.4) is 0 Å². The molecule has 0 aromatic heterocycles. The van der Waals surface area contributed by atoms with E-state index >= 15 is 0 Å². The third-order valence-electron chi connectivity index (χ3n) is 3.99. The molecule has 1 aromatic rings. The van der Waals surface area contributed by atoms with E-state index in [1.807, 2.05) is 6.07 Å². The van der Waals surface area contributed by atoms with Gasteiger partial charge in [0.2, 0.25) is 0 Å². The molecule has 0 spiro atoms. The molecule has 0 unspecified atom stereocenters. The molecule has 0 bridgehead atoms. The highest BCUT2D eigenvalue weighted by molar-refractivity contribution is 5.34. The molecule has 1 saturated heterocycles. The fraction of sp³-hybridized carbons (Fsp3) is 0.533. The predicted molar refractivity (Wildman–Crippen MR) is 73.1 cm³/mol. The SMILES string of the molecule is CN1CCN(Cc2cccc(C#N)c2F)CC1(C)C. The minimum atomic E-state index is -0.373. The molecule has 1 aliphatic rings. The Hall–Kier alpha value is -1.44. The first-order valence-electron chi connectivity index (χ1n) is 6.55. The minimum Gasteiger partial charge on any atom is -0.299 e. The largest absolute Gasteiger partial charge is 0.299 e. The lowest BCUT2D eigenvalue weighted by Crippen LogP contribution is -2.57. The molecular formula is C15H20FN3. The summed E-state index contributed by atoms with van der Waals surface area (Å²) in [5.74, 6) is -0.373. The Morgan fingerprint density at radius 3 is 2.74 bits per heavy atom. The fourth-order valence-corrected chi connectivity index (χ4v) is 2.51. The summed E-state index contributed by atoms with van der Waals surface area (Å²) in [5, 5.41) is 8.86. The fourth-order valence-electron chi connectivity index (χ4n) is 2.51. The summed E-state index contributed by atoms with van der Waals surface area (Å²) in [6.45, 7) is 7.77. The van der Waals surface area contributed by atoms with E-state index in [9.17, 15) is 4.39 Å². The molecule has 0 radical (unpaired) electrons. The van der Waals surface area contributed by atoms with Crippen LogP contribution in [0.5, 0.6) is 0 Å². The first-order chi connectivity index (χ1) is 8.94. The summed E-state index contributed by atoms with van der Waals surface area (Å²) in [6.07, 6.45) is 0. The molecule has 0 N–H and O–H groups in total. The number of nitriles is 1. The maximum absolute atomic E-state index is 14.0. The Bertz CT molecular complexity index is 505. The van der Waals surface area contributed by atoms with Gasteiger partial charge in [0, 0.05) is 37.3 Å². The van der Waals surface area contributed by atoms with E-state index in [2.05, 4.69) is 30.7 Å². The third kappa shape index (κ3) is 2.94. The van der Waals surface area contributed by atoms with Crippen molar-refractivity contribution in [2.75, 3.05) is 26.7 Å². The first kappa shape index (κ1) is 14.0. The Balaban J connectivity index is 2.13. The molecular weight excluding hydrogens is 241 g/mol. The van der Waals surface area contributed by atoms with Crippen molar-refractivity contribution in [3.05, 3.63) is 35.1 Å². The highest BCUT2D eigenvalue weighted by Gasteiger charge is 2.31. The molecule has 1 aromatic carbocycles. The molecule has 1 fully saturated rings. The number of hydrogen-bond donors (Lipinski definition) is 0. The van der Waals surface area contributed by atoms with Gasteiger partial charge in [-0.1, -0.05) is 12.1 Å². The van der Waals surface area contributed by atoms with Crippen LogP contribution in [0.1, 0.15) is 25.0 Å². The van der Waals surface area contributed by atoms with Crippen molar-refractivity contribution in [1.29, 1.82) is 5.26 Å². The van der Waals surface area contributed by atoms with E-state index < -0.39 is 0 Å². The lowest BCUT2D eigenvalue weighted by molar-refractivity contribution is 0.0355. The Kier molecular flexibility index (Phi) is 3.88. The van der Waals surface area contributed by atoms with E-state index in [4.69, 9.17) is 5.26 Å². The average Bonchev–Trinajstić information content (AvgIpc) is 2.36. The summed E-state index contributed by atoms with van der Waals surface area (Å²) in [4.78, 5) is 4.57. The second kappa shape index (κ2) is 5.28. The van der Waals surface area contributed by atoms with E-state index in [1.165, 1.54) is 6.07 Å². The van der Waals surface area contributed by atoms with Crippen LogP contribution >= 0.6 is 0 Å². The number of rotatable bonds is 2. The number of halogens is 1. The number of benzene rings is 1. The molecule has 0 saturated carbocycles. The number of hydrogen-bond acceptors (Lipinski definition) is 3. The molecule has 1 aliphatic heterocycles. The summed E-state index contributed by atoms with van der Waals surface area (Å²) >= 11 is 0. The van der Waals surface area contributed by atoms with Crippen molar-refractivity contribution in [2.45, 2.75) is 25.9 Å². The maximum atomic E-state index is 14.0. The molecule has 1 heterocycles. The zero-order valence-corrected chi connectivity index (χ0v) is 11.8. The highest BCUT2D eigenvalue weighted by atomic mass is 19.1. The predicted octanol–water partition coefficient (Wildman–Crippen LogP) is 2.22. The van der Waals surface area contributed by atoms with Crippen LogP contribution in [0.2, 0.25) is 0 Å². The average molecular weight is 261 g/mol. The first-order valence-corrected chi connectivity index (χ1v) is 6.55.